The minimum atomic E-state index is -0.552. The van der Waals surface area contributed by atoms with E-state index in [4.69, 9.17) is 9.15 Å². The van der Waals surface area contributed by atoms with Crippen molar-refractivity contribution in [3.63, 3.8) is 0 Å². The molecule has 2 atom stereocenters. The topological polar surface area (TPSA) is 76.7 Å². The van der Waals surface area contributed by atoms with Crippen LogP contribution in [0.25, 0.3) is 11.0 Å². The van der Waals surface area contributed by atoms with Crippen molar-refractivity contribution in [2.24, 2.45) is 0 Å². The molecule has 1 aromatic carbocycles. The predicted octanol–water partition coefficient (Wildman–Crippen LogP) is 5.41. The standard InChI is InChI=1S/C24H28O5/c1-14(2)11-18(26)12-15(3)7-6-10-24(5)16(4)21-22(29-24)19-9-8-17(25)13-20(19)28-23(21)27/h7-9,11,13,16,25H,6,10,12H2,1-5H3/t16-,24-/m1/s1. The smallest absolute Gasteiger partial charge is 0.343 e. The number of hydrogen-bond acceptors (Lipinski definition) is 5. The number of aromatic hydroxyl groups is 1. The summed E-state index contributed by atoms with van der Waals surface area (Å²) in [5, 5.41) is 10.4. The maximum absolute atomic E-state index is 12.5. The molecule has 3 rings (SSSR count). The highest BCUT2D eigenvalue weighted by molar-refractivity contribution is 5.91. The molecule has 0 saturated heterocycles. The van der Waals surface area contributed by atoms with Crippen LogP contribution in [0.4, 0.5) is 0 Å². The van der Waals surface area contributed by atoms with E-state index in [0.29, 0.717) is 35.1 Å². The zero-order chi connectivity index (χ0) is 21.3. The number of benzene rings is 1. The van der Waals surface area contributed by atoms with Gasteiger partial charge in [0, 0.05) is 18.4 Å². The summed E-state index contributed by atoms with van der Waals surface area (Å²) in [6.45, 7) is 9.76. The summed E-state index contributed by atoms with van der Waals surface area (Å²) in [4.78, 5) is 24.5. The van der Waals surface area contributed by atoms with Gasteiger partial charge in [0.05, 0.1) is 10.9 Å². The van der Waals surface area contributed by atoms with Crippen LogP contribution >= 0.6 is 0 Å². The summed E-state index contributed by atoms with van der Waals surface area (Å²) in [5.41, 5.74) is 1.92. The van der Waals surface area contributed by atoms with Crippen LogP contribution in [0.15, 0.2) is 50.7 Å². The second kappa shape index (κ2) is 7.90. The van der Waals surface area contributed by atoms with E-state index in [2.05, 4.69) is 6.08 Å². The number of ether oxygens (including phenoxy) is 1. The van der Waals surface area contributed by atoms with Gasteiger partial charge in [0.15, 0.2) is 5.78 Å². The number of phenols is 1. The summed E-state index contributed by atoms with van der Waals surface area (Å²) in [5.74, 6) is 0.562. The van der Waals surface area contributed by atoms with Crippen molar-refractivity contribution < 1.29 is 19.1 Å². The Bertz CT molecular complexity index is 1070. The largest absolute Gasteiger partial charge is 0.508 e. The number of rotatable bonds is 6. The third kappa shape index (κ3) is 4.29. The van der Waals surface area contributed by atoms with Gasteiger partial charge in [0.25, 0.3) is 0 Å². The minimum Gasteiger partial charge on any atom is -0.508 e. The van der Waals surface area contributed by atoms with Crippen molar-refractivity contribution in [3.05, 3.63) is 57.5 Å². The Morgan fingerprint density at radius 3 is 2.69 bits per heavy atom. The SMILES string of the molecule is CC(C)=CC(=O)CC(C)=CCC[C@@]1(C)Oc2c(c(=O)oc3cc(O)ccc23)[C@H]1C. The van der Waals surface area contributed by atoms with Crippen LogP contribution in [0.1, 0.15) is 65.4 Å². The zero-order valence-corrected chi connectivity index (χ0v) is 17.7. The lowest BCUT2D eigenvalue weighted by Gasteiger charge is -2.28. The highest BCUT2D eigenvalue weighted by Gasteiger charge is 2.44. The Labute approximate surface area is 170 Å². The monoisotopic (exact) mass is 396 g/mol. The zero-order valence-electron chi connectivity index (χ0n) is 17.7. The van der Waals surface area contributed by atoms with Crippen LogP contribution in [-0.2, 0) is 4.79 Å². The number of allylic oxidation sites excluding steroid dienone is 4. The van der Waals surface area contributed by atoms with E-state index in [9.17, 15) is 14.7 Å². The molecule has 1 aromatic heterocycles. The first-order chi connectivity index (χ1) is 13.6. The first-order valence-corrected chi connectivity index (χ1v) is 9.93. The van der Waals surface area contributed by atoms with Gasteiger partial charge in [0.2, 0.25) is 0 Å². The van der Waals surface area contributed by atoms with Gasteiger partial charge >= 0.3 is 5.63 Å². The summed E-state index contributed by atoms with van der Waals surface area (Å²) >= 11 is 0. The summed E-state index contributed by atoms with van der Waals surface area (Å²) < 4.78 is 11.7. The molecule has 5 heteroatoms. The van der Waals surface area contributed by atoms with Gasteiger partial charge in [-0.2, -0.15) is 0 Å². The van der Waals surface area contributed by atoms with Crippen molar-refractivity contribution in [1.29, 1.82) is 0 Å². The molecular formula is C24H28O5. The Hall–Kier alpha value is -2.82. The summed E-state index contributed by atoms with van der Waals surface area (Å²) in [6.07, 6.45) is 5.60. The molecule has 29 heavy (non-hydrogen) atoms. The van der Waals surface area contributed by atoms with Gasteiger partial charge in [-0.25, -0.2) is 4.79 Å². The number of ketones is 1. The molecule has 0 amide bonds. The van der Waals surface area contributed by atoms with Crippen LogP contribution in [0, 0.1) is 0 Å². The van der Waals surface area contributed by atoms with Crippen molar-refractivity contribution in [3.8, 4) is 11.5 Å². The molecular weight excluding hydrogens is 368 g/mol. The third-order valence-corrected chi connectivity index (χ3v) is 5.60. The fraction of sp³-hybridized carbons (Fsp3) is 0.417. The van der Waals surface area contributed by atoms with E-state index in [0.717, 1.165) is 17.6 Å². The van der Waals surface area contributed by atoms with Gasteiger partial charge < -0.3 is 14.3 Å². The quantitative estimate of drug-likeness (QED) is 0.402. The number of carbonyl (C=O) groups excluding carboxylic acids is 1. The fourth-order valence-corrected chi connectivity index (χ4v) is 3.88. The lowest BCUT2D eigenvalue weighted by molar-refractivity contribution is -0.114. The second-order valence-corrected chi connectivity index (χ2v) is 8.40. The molecule has 0 aliphatic carbocycles. The molecule has 1 aliphatic rings. The lowest BCUT2D eigenvalue weighted by Crippen LogP contribution is -2.33. The second-order valence-electron chi connectivity index (χ2n) is 8.40. The highest BCUT2D eigenvalue weighted by Crippen LogP contribution is 2.48. The van der Waals surface area contributed by atoms with Crippen molar-refractivity contribution in [2.75, 3.05) is 0 Å². The predicted molar refractivity (Wildman–Crippen MR) is 114 cm³/mol. The van der Waals surface area contributed by atoms with E-state index in [1.54, 1.807) is 18.2 Å². The Morgan fingerprint density at radius 2 is 2.00 bits per heavy atom. The number of phenolic OH excluding ortho intramolecular Hbond substituents is 1. The molecule has 1 N–H and O–H groups in total. The van der Waals surface area contributed by atoms with Gasteiger partial charge in [-0.1, -0.05) is 24.1 Å². The van der Waals surface area contributed by atoms with E-state index >= 15 is 0 Å². The Balaban J connectivity index is 1.79. The molecule has 0 saturated carbocycles. The van der Waals surface area contributed by atoms with Crippen molar-refractivity contribution in [2.45, 2.75) is 65.4 Å². The molecule has 0 spiro atoms. The molecule has 0 unspecified atom stereocenters. The van der Waals surface area contributed by atoms with Crippen LogP contribution < -0.4 is 10.4 Å². The maximum Gasteiger partial charge on any atom is 0.343 e. The number of fused-ring (bicyclic) bond motifs is 3. The van der Waals surface area contributed by atoms with Crippen molar-refractivity contribution in [1.82, 2.24) is 0 Å². The highest BCUT2D eigenvalue weighted by atomic mass is 16.5. The molecule has 2 aromatic rings. The lowest BCUT2D eigenvalue weighted by atomic mass is 9.84. The Morgan fingerprint density at radius 1 is 1.28 bits per heavy atom. The first kappa shape index (κ1) is 20.9. The van der Waals surface area contributed by atoms with Gasteiger partial charge in [0.1, 0.15) is 22.7 Å². The molecule has 5 nitrogen and oxygen atoms in total. The average molecular weight is 396 g/mol. The van der Waals surface area contributed by atoms with Crippen molar-refractivity contribution >= 4 is 16.8 Å². The van der Waals surface area contributed by atoms with Crippen LogP contribution in [0.2, 0.25) is 0 Å². The molecule has 0 radical (unpaired) electrons. The molecule has 0 bridgehead atoms. The number of hydrogen-bond donors (Lipinski definition) is 1. The summed E-state index contributed by atoms with van der Waals surface area (Å²) in [7, 11) is 0. The molecule has 154 valence electrons. The molecule has 2 heterocycles. The van der Waals surface area contributed by atoms with E-state index < -0.39 is 11.2 Å². The van der Waals surface area contributed by atoms with Crippen LogP contribution in [-0.4, -0.2) is 16.5 Å². The minimum absolute atomic E-state index is 0.0395. The van der Waals surface area contributed by atoms with E-state index in [1.165, 1.54) is 6.07 Å². The third-order valence-electron chi connectivity index (χ3n) is 5.60. The normalized spacial score (nSPS) is 21.0. The number of carbonyl (C=O) groups is 1. The van der Waals surface area contributed by atoms with Gasteiger partial charge in [-0.3, -0.25) is 4.79 Å². The average Bonchev–Trinajstić information content (AvgIpc) is 2.86. The maximum atomic E-state index is 12.5. The molecule has 1 aliphatic heterocycles. The van der Waals surface area contributed by atoms with Crippen LogP contribution in [0.5, 0.6) is 11.5 Å². The summed E-state index contributed by atoms with van der Waals surface area (Å²) in [6, 6.07) is 4.70. The molecule has 0 fully saturated rings. The van der Waals surface area contributed by atoms with E-state index in [-0.39, 0.29) is 17.5 Å². The Kier molecular flexibility index (Phi) is 5.69. The first-order valence-electron chi connectivity index (χ1n) is 9.93. The van der Waals surface area contributed by atoms with Gasteiger partial charge in [-0.15, -0.1) is 0 Å². The van der Waals surface area contributed by atoms with E-state index in [1.807, 2.05) is 34.6 Å². The fourth-order valence-electron chi connectivity index (χ4n) is 3.88. The van der Waals surface area contributed by atoms with Crippen LogP contribution in [0.3, 0.4) is 0 Å². The van der Waals surface area contributed by atoms with Gasteiger partial charge in [-0.05, 0) is 58.7 Å².